The number of aromatic hydroxyl groups is 1. The van der Waals surface area contributed by atoms with Gasteiger partial charge in [-0.3, -0.25) is 0 Å². The van der Waals surface area contributed by atoms with Crippen molar-refractivity contribution >= 4 is 65.6 Å². The molecule has 0 unspecified atom stereocenters. The molecule has 0 saturated heterocycles. The topological polar surface area (TPSA) is 122 Å². The predicted octanol–water partition coefficient (Wildman–Crippen LogP) is 4.26. The van der Waals surface area contributed by atoms with Crippen molar-refractivity contribution in [3.8, 4) is 5.88 Å². The Balaban J connectivity index is 1.84. The molecule has 2 aromatic carbocycles. The van der Waals surface area contributed by atoms with E-state index in [0.717, 1.165) is 15.4 Å². The number of anilines is 1. The molecule has 146 valence electrons. The first kappa shape index (κ1) is 20.4. The SMILES string of the molecule is CCn1c(O)c(N=NC(=S)Nc2ccc(S(N)(=O)=O)cc2)c2ccc(Br)cc21. The maximum atomic E-state index is 11.3. The molecule has 28 heavy (non-hydrogen) atoms. The third-order valence-electron chi connectivity index (χ3n) is 3.96. The van der Waals surface area contributed by atoms with E-state index in [1.165, 1.54) is 24.3 Å². The van der Waals surface area contributed by atoms with E-state index in [9.17, 15) is 13.5 Å². The number of thiocarbonyl (C=S) groups is 1. The summed E-state index contributed by atoms with van der Waals surface area (Å²) >= 11 is 8.57. The number of sulfonamides is 1. The minimum Gasteiger partial charge on any atom is -0.493 e. The number of rotatable bonds is 4. The lowest BCUT2D eigenvalue weighted by atomic mass is 10.2. The Morgan fingerprint density at radius 2 is 1.96 bits per heavy atom. The van der Waals surface area contributed by atoms with Gasteiger partial charge in [0.15, 0.2) is 5.69 Å². The van der Waals surface area contributed by atoms with Crippen molar-refractivity contribution < 1.29 is 13.5 Å². The lowest BCUT2D eigenvalue weighted by Gasteiger charge is -2.04. The number of aromatic nitrogens is 1. The second-order valence-electron chi connectivity index (χ2n) is 5.78. The van der Waals surface area contributed by atoms with Crippen LogP contribution in [0.3, 0.4) is 0 Å². The first-order valence-corrected chi connectivity index (χ1v) is 10.8. The number of fused-ring (bicyclic) bond motifs is 1. The Labute approximate surface area is 175 Å². The molecule has 8 nitrogen and oxygen atoms in total. The standard InChI is InChI=1S/C17H16BrN5O3S2/c1-2-23-14-9-10(18)3-8-13(14)15(16(23)24)21-22-17(27)20-11-4-6-12(7-5-11)28(19,25)26/h3-9,24H,2H2,1H3,(H,20,27)(H2,19,25,26). The van der Waals surface area contributed by atoms with Gasteiger partial charge in [0.25, 0.3) is 0 Å². The van der Waals surface area contributed by atoms with Crippen LogP contribution in [0, 0.1) is 0 Å². The molecule has 3 aromatic rings. The van der Waals surface area contributed by atoms with Gasteiger partial charge in [-0.1, -0.05) is 15.9 Å². The molecule has 0 spiro atoms. The van der Waals surface area contributed by atoms with Crippen molar-refractivity contribution in [3.63, 3.8) is 0 Å². The van der Waals surface area contributed by atoms with Crippen molar-refractivity contribution in [3.05, 3.63) is 46.9 Å². The van der Waals surface area contributed by atoms with Crippen LogP contribution in [0.2, 0.25) is 0 Å². The van der Waals surface area contributed by atoms with Gasteiger partial charge in [-0.2, -0.15) is 0 Å². The van der Waals surface area contributed by atoms with Crippen LogP contribution in [0.5, 0.6) is 5.88 Å². The van der Waals surface area contributed by atoms with Gasteiger partial charge in [0.1, 0.15) is 0 Å². The van der Waals surface area contributed by atoms with Crippen LogP contribution in [0.25, 0.3) is 10.9 Å². The number of hydrogen-bond acceptors (Lipinski definition) is 5. The van der Waals surface area contributed by atoms with Crippen LogP contribution in [0.15, 0.2) is 62.1 Å². The van der Waals surface area contributed by atoms with Crippen molar-refractivity contribution in [2.24, 2.45) is 15.4 Å². The summed E-state index contributed by atoms with van der Waals surface area (Å²) in [6.07, 6.45) is 0. The number of primary sulfonamides is 1. The molecule has 1 aromatic heterocycles. The zero-order chi connectivity index (χ0) is 20.5. The molecule has 0 fully saturated rings. The van der Waals surface area contributed by atoms with Crippen molar-refractivity contribution in [2.45, 2.75) is 18.4 Å². The highest BCUT2D eigenvalue weighted by molar-refractivity contribution is 9.10. The fraction of sp³-hybridized carbons (Fsp3) is 0.118. The van der Waals surface area contributed by atoms with Crippen molar-refractivity contribution in [2.75, 3.05) is 5.32 Å². The molecular weight excluding hydrogens is 466 g/mol. The highest BCUT2D eigenvalue weighted by atomic mass is 79.9. The number of nitrogens with one attached hydrogen (secondary N) is 1. The summed E-state index contributed by atoms with van der Waals surface area (Å²) in [5.41, 5.74) is 1.67. The molecule has 11 heteroatoms. The van der Waals surface area contributed by atoms with Crippen LogP contribution >= 0.6 is 28.1 Å². The van der Waals surface area contributed by atoms with E-state index < -0.39 is 10.0 Å². The Morgan fingerprint density at radius 1 is 1.29 bits per heavy atom. The van der Waals surface area contributed by atoms with Gasteiger partial charge >= 0.3 is 0 Å². The van der Waals surface area contributed by atoms with Gasteiger partial charge in [0, 0.05) is 22.1 Å². The van der Waals surface area contributed by atoms with E-state index in [1.54, 1.807) is 4.57 Å². The molecule has 0 aliphatic carbocycles. The number of hydrogen-bond donors (Lipinski definition) is 3. The molecule has 0 amide bonds. The van der Waals surface area contributed by atoms with E-state index in [-0.39, 0.29) is 15.9 Å². The van der Waals surface area contributed by atoms with Crippen molar-refractivity contribution in [1.82, 2.24) is 4.57 Å². The Hall–Kier alpha value is -2.34. The van der Waals surface area contributed by atoms with Crippen LogP contribution < -0.4 is 10.5 Å². The van der Waals surface area contributed by atoms with Crippen molar-refractivity contribution in [1.29, 1.82) is 0 Å². The highest BCUT2D eigenvalue weighted by Crippen LogP contribution is 2.39. The Morgan fingerprint density at radius 3 is 2.57 bits per heavy atom. The van der Waals surface area contributed by atoms with Crippen LogP contribution in [0.1, 0.15) is 6.92 Å². The summed E-state index contributed by atoms with van der Waals surface area (Å²) in [5.74, 6) is -0.000319. The Bertz CT molecular complexity index is 1190. The molecule has 4 N–H and O–H groups in total. The zero-order valence-corrected chi connectivity index (χ0v) is 17.8. The quantitative estimate of drug-likeness (QED) is 0.379. The molecule has 3 rings (SSSR count). The fourth-order valence-corrected chi connectivity index (χ4v) is 3.70. The number of benzene rings is 2. The maximum absolute atomic E-state index is 11.3. The van der Waals surface area contributed by atoms with Gasteiger partial charge in [-0.15, -0.1) is 10.2 Å². The predicted molar refractivity (Wildman–Crippen MR) is 116 cm³/mol. The third-order valence-corrected chi connectivity index (χ3v) is 5.57. The molecule has 1 heterocycles. The molecule has 0 saturated carbocycles. The Kier molecular flexibility index (Phi) is 5.79. The largest absolute Gasteiger partial charge is 0.493 e. The lowest BCUT2D eigenvalue weighted by Crippen LogP contribution is -2.12. The fourth-order valence-electron chi connectivity index (χ4n) is 2.68. The summed E-state index contributed by atoms with van der Waals surface area (Å²) in [5, 5.41) is 27.2. The van der Waals surface area contributed by atoms with Gasteiger partial charge in [-0.05, 0) is 61.6 Å². The van der Waals surface area contributed by atoms with Crippen LogP contribution in [-0.4, -0.2) is 23.2 Å². The highest BCUT2D eigenvalue weighted by Gasteiger charge is 2.16. The molecule has 0 bridgehead atoms. The molecule has 0 aliphatic heterocycles. The average molecular weight is 482 g/mol. The average Bonchev–Trinajstić information content (AvgIpc) is 2.89. The normalized spacial score (nSPS) is 12.0. The second kappa shape index (κ2) is 7.95. The molecule has 0 atom stereocenters. The van der Waals surface area contributed by atoms with Crippen LogP contribution in [0.4, 0.5) is 11.4 Å². The number of nitrogens with two attached hydrogens (primary N) is 1. The molecule has 0 radical (unpaired) electrons. The molecule has 0 aliphatic rings. The van der Waals surface area contributed by atoms with Gasteiger partial charge in [-0.25, -0.2) is 13.6 Å². The summed E-state index contributed by atoms with van der Waals surface area (Å²) < 4.78 is 25.2. The first-order chi connectivity index (χ1) is 13.2. The number of aryl methyl sites for hydroxylation is 1. The minimum atomic E-state index is -3.76. The maximum Gasteiger partial charge on any atom is 0.238 e. The third kappa shape index (κ3) is 4.22. The van der Waals surface area contributed by atoms with Gasteiger partial charge < -0.3 is 15.0 Å². The first-order valence-electron chi connectivity index (χ1n) is 8.07. The second-order valence-corrected chi connectivity index (χ2v) is 8.64. The monoisotopic (exact) mass is 481 g/mol. The van der Waals surface area contributed by atoms with E-state index in [2.05, 4.69) is 31.5 Å². The lowest BCUT2D eigenvalue weighted by molar-refractivity contribution is 0.427. The summed E-state index contributed by atoms with van der Waals surface area (Å²) in [6.45, 7) is 2.48. The van der Waals surface area contributed by atoms with E-state index in [1.807, 2.05) is 25.1 Å². The van der Waals surface area contributed by atoms with E-state index in [4.69, 9.17) is 17.4 Å². The number of azo groups is 1. The molecular formula is C17H16BrN5O3S2. The number of nitrogens with zero attached hydrogens (tertiary/aromatic N) is 3. The van der Waals surface area contributed by atoms with E-state index >= 15 is 0 Å². The number of halogens is 1. The smallest absolute Gasteiger partial charge is 0.238 e. The van der Waals surface area contributed by atoms with Gasteiger partial charge in [0.2, 0.25) is 21.0 Å². The van der Waals surface area contributed by atoms with Gasteiger partial charge in [0.05, 0.1) is 10.4 Å². The van der Waals surface area contributed by atoms with Crippen LogP contribution in [-0.2, 0) is 16.6 Å². The minimum absolute atomic E-state index is 0.000319. The zero-order valence-electron chi connectivity index (χ0n) is 14.6. The summed E-state index contributed by atoms with van der Waals surface area (Å²) in [6, 6.07) is 11.3. The summed E-state index contributed by atoms with van der Waals surface area (Å²) in [7, 11) is -3.76. The van der Waals surface area contributed by atoms with E-state index in [0.29, 0.717) is 17.9 Å². The summed E-state index contributed by atoms with van der Waals surface area (Å²) in [4.78, 5) is -0.00551.